The van der Waals surface area contributed by atoms with Crippen LogP contribution in [0.25, 0.3) is 0 Å². The predicted octanol–water partition coefficient (Wildman–Crippen LogP) is 2.54. The molecule has 0 radical (unpaired) electrons. The van der Waals surface area contributed by atoms with Crippen LogP contribution in [-0.4, -0.2) is 25.2 Å². The van der Waals surface area contributed by atoms with Crippen LogP contribution in [-0.2, 0) is 16.0 Å². The second kappa shape index (κ2) is 6.46. The minimum absolute atomic E-state index is 0. The third kappa shape index (κ3) is 2.76. The Morgan fingerprint density at radius 1 is 1.30 bits per heavy atom. The van der Waals surface area contributed by atoms with Crippen molar-refractivity contribution in [2.45, 2.75) is 38.2 Å². The van der Waals surface area contributed by atoms with Crippen LogP contribution >= 0.6 is 12.4 Å². The Labute approximate surface area is 125 Å². The van der Waals surface area contributed by atoms with Crippen molar-refractivity contribution in [2.75, 3.05) is 23.8 Å². The lowest BCUT2D eigenvalue weighted by Crippen LogP contribution is -2.44. The van der Waals surface area contributed by atoms with Crippen LogP contribution < -0.4 is 10.6 Å². The number of carbonyl (C=O) groups excluding carboxylic acids is 1. The molecule has 0 saturated carbocycles. The average Bonchev–Trinajstić information content (AvgIpc) is 2.47. The van der Waals surface area contributed by atoms with E-state index in [1.807, 2.05) is 23.1 Å². The first-order chi connectivity index (χ1) is 9.27. The molecule has 0 aliphatic carbocycles. The van der Waals surface area contributed by atoms with E-state index in [4.69, 9.17) is 10.5 Å². The zero-order valence-corrected chi connectivity index (χ0v) is 12.3. The summed E-state index contributed by atoms with van der Waals surface area (Å²) in [5.74, 6) is 0.103. The fraction of sp³-hybridized carbons (Fsp3) is 0.533. The molecular weight excluding hydrogens is 276 g/mol. The highest BCUT2D eigenvalue weighted by Gasteiger charge is 2.30. The average molecular weight is 297 g/mol. The smallest absolute Gasteiger partial charge is 0.256 e. The van der Waals surface area contributed by atoms with E-state index in [9.17, 15) is 4.79 Å². The van der Waals surface area contributed by atoms with Gasteiger partial charge in [-0.2, -0.15) is 0 Å². The lowest BCUT2D eigenvalue weighted by Gasteiger charge is -2.34. The van der Waals surface area contributed by atoms with Gasteiger partial charge in [0.15, 0.2) is 0 Å². The third-order valence-corrected chi connectivity index (χ3v) is 4.01. The maximum Gasteiger partial charge on any atom is 0.256 e. The summed E-state index contributed by atoms with van der Waals surface area (Å²) in [5.41, 5.74) is 8.89. The SMILES string of the molecule is Cl.Nc1cccc2c1CCCN2C(=O)C1CCCCO1. The van der Waals surface area contributed by atoms with Gasteiger partial charge in [-0.05, 0) is 49.8 Å². The number of amides is 1. The summed E-state index contributed by atoms with van der Waals surface area (Å²) in [4.78, 5) is 14.5. The van der Waals surface area contributed by atoms with E-state index in [0.29, 0.717) is 6.61 Å². The minimum Gasteiger partial charge on any atom is -0.398 e. The molecule has 1 aromatic carbocycles. The zero-order chi connectivity index (χ0) is 13.2. The lowest BCUT2D eigenvalue weighted by atomic mass is 9.98. The number of benzene rings is 1. The molecule has 20 heavy (non-hydrogen) atoms. The van der Waals surface area contributed by atoms with Crippen LogP contribution in [0.1, 0.15) is 31.2 Å². The number of carbonyl (C=O) groups is 1. The lowest BCUT2D eigenvalue weighted by molar-refractivity contribution is -0.132. The summed E-state index contributed by atoms with van der Waals surface area (Å²) >= 11 is 0. The maximum absolute atomic E-state index is 12.6. The standard InChI is InChI=1S/C15H20N2O2.ClH/c16-12-6-3-7-13-11(12)5-4-9-17(13)15(18)14-8-1-2-10-19-14;/h3,6-7,14H,1-2,4-5,8-10,16H2;1H. The number of nitrogen functional groups attached to an aromatic ring is 1. The molecule has 0 bridgehead atoms. The van der Waals surface area contributed by atoms with Crippen LogP contribution in [0, 0.1) is 0 Å². The molecule has 1 amide bonds. The number of rotatable bonds is 1. The summed E-state index contributed by atoms with van der Waals surface area (Å²) < 4.78 is 5.62. The highest BCUT2D eigenvalue weighted by Crippen LogP contribution is 2.32. The summed E-state index contributed by atoms with van der Waals surface area (Å²) in [6.07, 6.45) is 4.65. The summed E-state index contributed by atoms with van der Waals surface area (Å²) in [5, 5.41) is 0. The molecule has 1 saturated heterocycles. The molecule has 1 fully saturated rings. The van der Waals surface area contributed by atoms with Crippen molar-refractivity contribution in [3.8, 4) is 0 Å². The van der Waals surface area contributed by atoms with Gasteiger partial charge in [-0.15, -0.1) is 12.4 Å². The summed E-state index contributed by atoms with van der Waals surface area (Å²) in [7, 11) is 0. The normalized spacial score (nSPS) is 21.8. The summed E-state index contributed by atoms with van der Waals surface area (Å²) in [6.45, 7) is 1.48. The fourth-order valence-electron chi connectivity index (χ4n) is 2.99. The molecule has 0 spiro atoms. The van der Waals surface area contributed by atoms with Gasteiger partial charge in [0, 0.05) is 24.5 Å². The van der Waals surface area contributed by atoms with E-state index < -0.39 is 0 Å². The van der Waals surface area contributed by atoms with Crippen LogP contribution in [0.3, 0.4) is 0 Å². The number of nitrogens with two attached hydrogens (primary N) is 1. The number of hydrogen-bond acceptors (Lipinski definition) is 3. The van der Waals surface area contributed by atoms with Gasteiger partial charge in [0.2, 0.25) is 0 Å². The van der Waals surface area contributed by atoms with E-state index >= 15 is 0 Å². The molecule has 2 aliphatic heterocycles. The number of fused-ring (bicyclic) bond motifs is 1. The topological polar surface area (TPSA) is 55.6 Å². The Hall–Kier alpha value is -1.26. The third-order valence-electron chi connectivity index (χ3n) is 4.01. The number of hydrogen-bond donors (Lipinski definition) is 1. The van der Waals surface area contributed by atoms with E-state index in [1.54, 1.807) is 0 Å². The van der Waals surface area contributed by atoms with Crippen molar-refractivity contribution in [3.05, 3.63) is 23.8 Å². The Bertz CT molecular complexity index is 487. The Morgan fingerprint density at radius 2 is 2.15 bits per heavy atom. The van der Waals surface area contributed by atoms with Gasteiger partial charge >= 0.3 is 0 Å². The number of ether oxygens (including phenoxy) is 1. The van der Waals surface area contributed by atoms with Crippen molar-refractivity contribution < 1.29 is 9.53 Å². The van der Waals surface area contributed by atoms with Gasteiger partial charge in [-0.1, -0.05) is 6.07 Å². The molecule has 3 rings (SSSR count). The largest absolute Gasteiger partial charge is 0.398 e. The molecule has 4 nitrogen and oxygen atoms in total. The first-order valence-corrected chi connectivity index (χ1v) is 7.08. The van der Waals surface area contributed by atoms with Gasteiger partial charge < -0.3 is 15.4 Å². The Morgan fingerprint density at radius 3 is 2.90 bits per heavy atom. The van der Waals surface area contributed by atoms with Gasteiger partial charge in [-0.3, -0.25) is 4.79 Å². The van der Waals surface area contributed by atoms with E-state index in [2.05, 4.69) is 0 Å². The highest BCUT2D eigenvalue weighted by molar-refractivity contribution is 5.98. The van der Waals surface area contributed by atoms with Crippen LogP contribution in [0.4, 0.5) is 11.4 Å². The molecule has 2 aliphatic rings. The molecule has 1 unspecified atom stereocenters. The van der Waals surface area contributed by atoms with Crippen molar-refractivity contribution in [3.63, 3.8) is 0 Å². The number of anilines is 2. The Kier molecular flexibility index (Phi) is 4.89. The molecule has 1 atom stereocenters. The summed E-state index contributed by atoms with van der Waals surface area (Å²) in [6, 6.07) is 5.82. The quantitative estimate of drug-likeness (QED) is 0.810. The van der Waals surface area contributed by atoms with E-state index in [0.717, 1.165) is 55.6 Å². The van der Waals surface area contributed by atoms with Crippen molar-refractivity contribution >= 4 is 29.7 Å². The first kappa shape index (κ1) is 15.1. The number of halogens is 1. The van der Waals surface area contributed by atoms with Crippen LogP contribution in [0.2, 0.25) is 0 Å². The zero-order valence-electron chi connectivity index (χ0n) is 11.5. The monoisotopic (exact) mass is 296 g/mol. The highest BCUT2D eigenvalue weighted by atomic mass is 35.5. The molecular formula is C15H21ClN2O2. The molecule has 0 aromatic heterocycles. The van der Waals surface area contributed by atoms with E-state index in [-0.39, 0.29) is 24.4 Å². The number of nitrogens with zero attached hydrogens (tertiary/aromatic N) is 1. The second-order valence-corrected chi connectivity index (χ2v) is 5.29. The van der Waals surface area contributed by atoms with E-state index in [1.165, 1.54) is 0 Å². The molecule has 2 N–H and O–H groups in total. The van der Waals surface area contributed by atoms with Crippen LogP contribution in [0.5, 0.6) is 0 Å². The minimum atomic E-state index is -0.263. The van der Waals surface area contributed by atoms with Gasteiger partial charge in [0.1, 0.15) is 6.10 Å². The van der Waals surface area contributed by atoms with Crippen molar-refractivity contribution in [1.82, 2.24) is 0 Å². The maximum atomic E-state index is 12.6. The second-order valence-electron chi connectivity index (χ2n) is 5.29. The first-order valence-electron chi connectivity index (χ1n) is 7.08. The fourth-order valence-corrected chi connectivity index (χ4v) is 2.99. The van der Waals surface area contributed by atoms with Crippen LogP contribution in [0.15, 0.2) is 18.2 Å². The van der Waals surface area contributed by atoms with Gasteiger partial charge in [-0.25, -0.2) is 0 Å². The molecule has 2 heterocycles. The van der Waals surface area contributed by atoms with Gasteiger partial charge in [0.25, 0.3) is 5.91 Å². The van der Waals surface area contributed by atoms with Crippen molar-refractivity contribution in [2.24, 2.45) is 0 Å². The molecule has 5 heteroatoms. The Balaban J connectivity index is 0.00000147. The molecule has 110 valence electrons. The van der Waals surface area contributed by atoms with Gasteiger partial charge in [0.05, 0.1) is 0 Å². The predicted molar refractivity (Wildman–Crippen MR) is 82.4 cm³/mol. The van der Waals surface area contributed by atoms with Crippen molar-refractivity contribution in [1.29, 1.82) is 0 Å². The molecule has 1 aromatic rings.